The number of carboxylic acid groups (broad SMARTS) is 1. The summed E-state index contributed by atoms with van der Waals surface area (Å²) in [5.41, 5.74) is 6.05. The van der Waals surface area contributed by atoms with Crippen LogP contribution >= 0.6 is 0 Å². The molecule has 0 saturated heterocycles. The van der Waals surface area contributed by atoms with E-state index in [-0.39, 0.29) is 31.0 Å². The zero-order valence-electron chi connectivity index (χ0n) is 19.0. The lowest BCUT2D eigenvalue weighted by molar-refractivity contribution is -0.120. The minimum atomic E-state index is -1.20. The quantitative estimate of drug-likeness (QED) is 0.327. The molecule has 0 unspecified atom stereocenters. The van der Waals surface area contributed by atoms with E-state index < -0.39 is 29.4 Å². The van der Waals surface area contributed by atoms with Gasteiger partial charge in [-0.3, -0.25) is 14.4 Å². The van der Waals surface area contributed by atoms with Gasteiger partial charge in [-0.25, -0.2) is 9.18 Å². The summed E-state index contributed by atoms with van der Waals surface area (Å²) >= 11 is 0. The van der Waals surface area contributed by atoms with Crippen molar-refractivity contribution >= 4 is 34.5 Å². The largest absolute Gasteiger partial charge is 0.465 e. The number of hydrogen-bond acceptors (Lipinski definition) is 4. The maximum absolute atomic E-state index is 13.5. The number of primary amides is 1. The Kier molecular flexibility index (Phi) is 8.03. The van der Waals surface area contributed by atoms with Gasteiger partial charge in [-0.2, -0.15) is 0 Å². The van der Waals surface area contributed by atoms with Crippen LogP contribution in [0.3, 0.4) is 0 Å². The van der Waals surface area contributed by atoms with Crippen LogP contribution < -0.4 is 16.6 Å². The Morgan fingerprint density at radius 2 is 2.06 bits per heavy atom. The first-order valence-corrected chi connectivity index (χ1v) is 10.8. The van der Waals surface area contributed by atoms with Crippen LogP contribution in [0.2, 0.25) is 0 Å². The molecule has 3 aromatic rings. The summed E-state index contributed by atoms with van der Waals surface area (Å²) in [6.07, 6.45) is 3.59. The van der Waals surface area contributed by atoms with Crippen molar-refractivity contribution in [3.63, 3.8) is 0 Å². The monoisotopic (exact) mass is 483 g/mol. The van der Waals surface area contributed by atoms with Gasteiger partial charge in [0.2, 0.25) is 11.8 Å². The van der Waals surface area contributed by atoms with Crippen LogP contribution in [0.1, 0.15) is 18.5 Å². The second-order valence-electron chi connectivity index (χ2n) is 8.11. The molecule has 11 heteroatoms. The van der Waals surface area contributed by atoms with E-state index in [1.165, 1.54) is 42.0 Å². The molecule has 0 saturated carbocycles. The third-order valence-corrected chi connectivity index (χ3v) is 5.41. The van der Waals surface area contributed by atoms with E-state index in [2.05, 4.69) is 10.3 Å². The van der Waals surface area contributed by atoms with Gasteiger partial charge in [0.05, 0.1) is 12.5 Å². The Labute approximate surface area is 199 Å². The number of aromatic amines is 1. The van der Waals surface area contributed by atoms with Crippen molar-refractivity contribution in [2.45, 2.75) is 19.4 Å². The van der Waals surface area contributed by atoms with Crippen LogP contribution in [0.25, 0.3) is 10.9 Å². The number of halogens is 1. The van der Waals surface area contributed by atoms with Crippen molar-refractivity contribution in [2.75, 3.05) is 18.9 Å². The summed E-state index contributed by atoms with van der Waals surface area (Å²) in [6, 6.07) is 9.15. The number of carbonyl (C=O) groups is 3. The van der Waals surface area contributed by atoms with Gasteiger partial charge < -0.3 is 30.6 Å². The number of amides is 3. The predicted molar refractivity (Wildman–Crippen MR) is 128 cm³/mol. The lowest BCUT2D eigenvalue weighted by Crippen LogP contribution is -2.37. The molecule has 3 amide bonds. The van der Waals surface area contributed by atoms with Gasteiger partial charge in [-0.05, 0) is 55.3 Å². The molecule has 1 aromatic carbocycles. The van der Waals surface area contributed by atoms with Gasteiger partial charge in [0.25, 0.3) is 5.56 Å². The summed E-state index contributed by atoms with van der Waals surface area (Å²) in [5, 5.41) is 12.4. The summed E-state index contributed by atoms with van der Waals surface area (Å²) < 4.78 is 14.9. The third-order valence-electron chi connectivity index (χ3n) is 5.41. The number of pyridine rings is 1. The summed E-state index contributed by atoms with van der Waals surface area (Å²) in [5.74, 6) is -2.29. The fourth-order valence-corrected chi connectivity index (χ4v) is 3.63. The molecule has 0 aliphatic carbocycles. The molecule has 5 N–H and O–H groups in total. The number of benzene rings is 1. The fourth-order valence-electron chi connectivity index (χ4n) is 3.63. The molecule has 0 bridgehead atoms. The number of nitrogens with zero attached hydrogens (tertiary/aromatic N) is 2. The van der Waals surface area contributed by atoms with Crippen molar-refractivity contribution in [1.29, 1.82) is 0 Å². The average Bonchev–Trinajstić information content (AvgIpc) is 3.19. The number of nitrogens with two attached hydrogens (primary N) is 1. The standard InChI is InChI=1S/C24H26FN5O5/c1-29(24(34)35)13-15(5-2-3-7-21(26)31)22(32)28-20-6-4-10-30(23(20)33)14-18-12-16-11-17(25)8-9-19(16)27-18/h3-4,6-12,15,27H,2,5,13-14H2,1H3,(H2,26,31)(H,28,32)(H,34,35)/b7-3+/t15-/m0/s1. The SMILES string of the molecule is CN(C[C@H](CC/C=C/C(N)=O)C(=O)Nc1cccn(Cc2cc3cc(F)ccc3[nH]2)c1=O)C(=O)O. The first-order chi connectivity index (χ1) is 16.6. The second kappa shape index (κ2) is 11.1. The summed E-state index contributed by atoms with van der Waals surface area (Å²) in [4.78, 5) is 52.1. The highest BCUT2D eigenvalue weighted by Gasteiger charge is 2.23. The van der Waals surface area contributed by atoms with Crippen LogP contribution in [0.15, 0.2) is 59.5 Å². The van der Waals surface area contributed by atoms with Crippen LogP contribution in [0, 0.1) is 11.7 Å². The zero-order chi connectivity index (χ0) is 25.5. The lowest BCUT2D eigenvalue weighted by atomic mass is 10.0. The number of aromatic nitrogens is 2. The molecule has 2 heterocycles. The van der Waals surface area contributed by atoms with Gasteiger partial charge in [-0.1, -0.05) is 6.08 Å². The normalized spacial score (nSPS) is 12.1. The zero-order valence-corrected chi connectivity index (χ0v) is 19.0. The van der Waals surface area contributed by atoms with Crippen molar-refractivity contribution < 1.29 is 23.9 Å². The molecule has 3 rings (SSSR count). The maximum Gasteiger partial charge on any atom is 0.407 e. The molecular formula is C24H26FN5O5. The van der Waals surface area contributed by atoms with E-state index >= 15 is 0 Å². The van der Waals surface area contributed by atoms with Crippen molar-refractivity contribution in [1.82, 2.24) is 14.5 Å². The van der Waals surface area contributed by atoms with Gasteiger partial charge >= 0.3 is 6.09 Å². The molecule has 2 aromatic heterocycles. The predicted octanol–water partition coefficient (Wildman–Crippen LogP) is 2.50. The van der Waals surface area contributed by atoms with Gasteiger partial charge in [0.15, 0.2) is 0 Å². The molecule has 35 heavy (non-hydrogen) atoms. The Bertz CT molecular complexity index is 1330. The Morgan fingerprint density at radius 1 is 1.29 bits per heavy atom. The summed E-state index contributed by atoms with van der Waals surface area (Å²) in [6.45, 7) is 0.0696. The minimum absolute atomic E-state index is 0.0373. The van der Waals surface area contributed by atoms with Crippen molar-refractivity contribution in [3.8, 4) is 0 Å². The second-order valence-corrected chi connectivity index (χ2v) is 8.11. The van der Waals surface area contributed by atoms with E-state index in [0.29, 0.717) is 17.5 Å². The number of H-pyrrole nitrogens is 1. The number of anilines is 1. The molecule has 0 aliphatic heterocycles. The van der Waals surface area contributed by atoms with Crippen LogP contribution in [-0.2, 0) is 16.1 Å². The van der Waals surface area contributed by atoms with E-state index in [1.54, 1.807) is 24.4 Å². The number of nitrogens with one attached hydrogen (secondary N) is 2. The number of allylic oxidation sites excluding steroid dienone is 1. The molecular weight excluding hydrogens is 457 g/mol. The molecule has 0 aliphatic rings. The highest BCUT2D eigenvalue weighted by molar-refractivity contribution is 5.92. The molecule has 184 valence electrons. The molecule has 0 spiro atoms. The average molecular weight is 484 g/mol. The molecule has 0 radical (unpaired) electrons. The van der Waals surface area contributed by atoms with Crippen LogP contribution in [-0.4, -0.2) is 51.1 Å². The number of rotatable bonds is 10. The minimum Gasteiger partial charge on any atom is -0.465 e. The first-order valence-electron chi connectivity index (χ1n) is 10.8. The van der Waals surface area contributed by atoms with E-state index in [0.717, 1.165) is 10.4 Å². The van der Waals surface area contributed by atoms with Crippen LogP contribution in [0.4, 0.5) is 14.9 Å². The van der Waals surface area contributed by atoms with Gasteiger partial charge in [0.1, 0.15) is 11.5 Å². The number of hydrogen-bond donors (Lipinski definition) is 4. The number of carbonyl (C=O) groups excluding carboxylic acids is 2. The highest BCUT2D eigenvalue weighted by atomic mass is 19.1. The molecule has 0 fully saturated rings. The smallest absolute Gasteiger partial charge is 0.407 e. The molecule has 1 atom stereocenters. The Balaban J connectivity index is 1.76. The van der Waals surface area contributed by atoms with E-state index in [9.17, 15) is 28.7 Å². The van der Waals surface area contributed by atoms with Crippen molar-refractivity contribution in [3.05, 3.63) is 76.6 Å². The number of fused-ring (bicyclic) bond motifs is 1. The first kappa shape index (κ1) is 25.2. The highest BCUT2D eigenvalue weighted by Crippen LogP contribution is 2.17. The van der Waals surface area contributed by atoms with Crippen LogP contribution in [0.5, 0.6) is 0 Å². The maximum atomic E-state index is 13.5. The fraction of sp³-hybridized carbons (Fsp3) is 0.250. The topological polar surface area (TPSA) is 151 Å². The summed E-state index contributed by atoms with van der Waals surface area (Å²) in [7, 11) is 1.34. The van der Waals surface area contributed by atoms with Gasteiger partial charge in [-0.15, -0.1) is 0 Å². The Morgan fingerprint density at radius 3 is 2.77 bits per heavy atom. The lowest BCUT2D eigenvalue weighted by Gasteiger charge is -2.21. The Hall–Kier alpha value is -4.41. The molecule has 10 nitrogen and oxygen atoms in total. The van der Waals surface area contributed by atoms with Crippen molar-refractivity contribution in [2.24, 2.45) is 11.7 Å². The van der Waals surface area contributed by atoms with Gasteiger partial charge in [0, 0.05) is 36.4 Å². The third kappa shape index (κ3) is 6.79. The van der Waals surface area contributed by atoms with E-state index in [4.69, 9.17) is 5.73 Å². The van der Waals surface area contributed by atoms with E-state index in [1.807, 2.05) is 0 Å².